The van der Waals surface area contributed by atoms with Gasteiger partial charge in [0.1, 0.15) is 5.75 Å². The van der Waals surface area contributed by atoms with Crippen LogP contribution in [0.15, 0.2) is 108 Å². The van der Waals surface area contributed by atoms with Gasteiger partial charge in [0.15, 0.2) is 5.60 Å². The highest BCUT2D eigenvalue weighted by Crippen LogP contribution is 2.49. The van der Waals surface area contributed by atoms with Crippen molar-refractivity contribution >= 4 is 20.9 Å². The second-order valence-corrected chi connectivity index (χ2v) is 12.3. The first-order valence-electron chi connectivity index (χ1n) is 12.9. The van der Waals surface area contributed by atoms with Gasteiger partial charge < -0.3 is 9.30 Å². The van der Waals surface area contributed by atoms with E-state index < -0.39 is 15.6 Å². The van der Waals surface area contributed by atoms with Crippen LogP contribution in [0.25, 0.3) is 10.9 Å². The van der Waals surface area contributed by atoms with Crippen molar-refractivity contribution in [2.24, 2.45) is 0 Å². The Labute approximate surface area is 223 Å². The van der Waals surface area contributed by atoms with Gasteiger partial charge in [-0.15, -0.1) is 0 Å². The van der Waals surface area contributed by atoms with Crippen molar-refractivity contribution in [2.45, 2.75) is 36.9 Å². The first kappa shape index (κ1) is 23.3. The number of hydrogen-bond donors (Lipinski definition) is 0. The maximum Gasteiger partial charge on any atom is 0.243 e. The summed E-state index contributed by atoms with van der Waals surface area (Å²) in [6, 6.07) is 33.9. The van der Waals surface area contributed by atoms with Crippen LogP contribution in [0.3, 0.4) is 0 Å². The van der Waals surface area contributed by atoms with Crippen molar-refractivity contribution in [3.8, 4) is 5.75 Å². The molecule has 2 aliphatic heterocycles. The van der Waals surface area contributed by atoms with Gasteiger partial charge in [-0.05, 0) is 42.3 Å². The number of nitrogens with zero attached hydrogens (tertiary/aromatic N) is 2. The number of rotatable bonds is 4. The van der Waals surface area contributed by atoms with Gasteiger partial charge in [0.05, 0.1) is 18.0 Å². The van der Waals surface area contributed by atoms with Crippen LogP contribution in [-0.4, -0.2) is 23.8 Å². The van der Waals surface area contributed by atoms with Crippen molar-refractivity contribution in [3.63, 3.8) is 0 Å². The quantitative estimate of drug-likeness (QED) is 0.291. The van der Waals surface area contributed by atoms with Gasteiger partial charge >= 0.3 is 0 Å². The average Bonchev–Trinajstić information content (AvgIpc) is 3.45. The summed E-state index contributed by atoms with van der Waals surface area (Å²) in [7, 11) is -3.76. The Balaban J connectivity index is 1.45. The van der Waals surface area contributed by atoms with E-state index in [-0.39, 0.29) is 13.1 Å². The van der Waals surface area contributed by atoms with E-state index in [4.69, 9.17) is 4.74 Å². The molecule has 0 saturated heterocycles. The fourth-order valence-corrected chi connectivity index (χ4v) is 7.57. The molecule has 190 valence electrons. The SMILES string of the molecule is Cc1ccc(S(=O)(=O)N2Cc3c(c4ccccc4n3Cc3ccccc3)[C@]3(Cc4ccccc4O3)C2)cc1. The van der Waals surface area contributed by atoms with Crippen molar-refractivity contribution in [1.82, 2.24) is 8.87 Å². The van der Waals surface area contributed by atoms with Crippen LogP contribution in [-0.2, 0) is 35.1 Å². The van der Waals surface area contributed by atoms with Gasteiger partial charge in [-0.1, -0.05) is 84.4 Å². The molecule has 0 amide bonds. The van der Waals surface area contributed by atoms with Crippen LogP contribution < -0.4 is 4.74 Å². The third-order valence-corrected chi connectivity index (χ3v) is 9.69. The van der Waals surface area contributed by atoms with E-state index in [1.807, 2.05) is 61.5 Å². The molecule has 4 aromatic carbocycles. The van der Waals surface area contributed by atoms with E-state index in [0.29, 0.717) is 17.9 Å². The molecule has 0 N–H and O–H groups in total. The number of sulfonamides is 1. The monoisotopic (exact) mass is 520 g/mol. The van der Waals surface area contributed by atoms with Gasteiger partial charge in [-0.2, -0.15) is 4.31 Å². The first-order valence-corrected chi connectivity index (χ1v) is 14.4. The molecule has 0 radical (unpaired) electrons. The molecule has 1 spiro atoms. The smallest absolute Gasteiger partial charge is 0.243 e. The zero-order valence-corrected chi connectivity index (χ0v) is 22.0. The number of ether oxygens (including phenoxy) is 1. The Kier molecular flexibility index (Phi) is 5.25. The Hall–Kier alpha value is -3.87. The predicted octanol–water partition coefficient (Wildman–Crippen LogP) is 6.03. The highest BCUT2D eigenvalue weighted by molar-refractivity contribution is 7.89. The second-order valence-electron chi connectivity index (χ2n) is 10.4. The van der Waals surface area contributed by atoms with E-state index in [0.717, 1.165) is 39.0 Å². The molecule has 5 nitrogen and oxygen atoms in total. The minimum absolute atomic E-state index is 0.254. The third kappa shape index (κ3) is 3.59. The lowest BCUT2D eigenvalue weighted by Crippen LogP contribution is -2.50. The molecule has 0 fully saturated rings. The summed E-state index contributed by atoms with van der Waals surface area (Å²) in [5.41, 5.74) is 5.68. The summed E-state index contributed by atoms with van der Waals surface area (Å²) in [5.74, 6) is 0.827. The highest BCUT2D eigenvalue weighted by atomic mass is 32.2. The summed E-state index contributed by atoms with van der Waals surface area (Å²) < 4.78 is 38.8. The average molecular weight is 521 g/mol. The predicted molar refractivity (Wildman–Crippen MR) is 149 cm³/mol. The molecular formula is C32H28N2O3S. The Morgan fingerprint density at radius 2 is 1.55 bits per heavy atom. The Morgan fingerprint density at radius 3 is 2.34 bits per heavy atom. The summed E-state index contributed by atoms with van der Waals surface area (Å²) in [5, 5.41) is 1.12. The highest BCUT2D eigenvalue weighted by Gasteiger charge is 2.51. The molecule has 5 aromatic rings. The molecule has 1 atom stereocenters. The molecule has 6 heteroatoms. The fraction of sp³-hybridized carbons (Fsp3) is 0.188. The van der Waals surface area contributed by atoms with E-state index in [9.17, 15) is 8.42 Å². The molecule has 3 heterocycles. The van der Waals surface area contributed by atoms with E-state index >= 15 is 0 Å². The van der Waals surface area contributed by atoms with Crippen molar-refractivity contribution in [1.29, 1.82) is 0 Å². The zero-order chi connectivity index (χ0) is 25.9. The summed E-state index contributed by atoms with van der Waals surface area (Å²) in [6.45, 7) is 3.15. The topological polar surface area (TPSA) is 51.5 Å². The number of benzene rings is 4. The van der Waals surface area contributed by atoms with E-state index in [1.54, 1.807) is 16.4 Å². The van der Waals surface area contributed by atoms with Gasteiger partial charge in [0.25, 0.3) is 0 Å². The van der Waals surface area contributed by atoms with Crippen LogP contribution in [0, 0.1) is 6.92 Å². The van der Waals surface area contributed by atoms with Gasteiger partial charge in [0.2, 0.25) is 10.0 Å². The summed E-state index contributed by atoms with van der Waals surface area (Å²) >= 11 is 0. The molecule has 0 bridgehead atoms. The lowest BCUT2D eigenvalue weighted by molar-refractivity contribution is 0.0551. The largest absolute Gasteiger partial charge is 0.480 e. The molecule has 0 unspecified atom stereocenters. The third-order valence-electron chi connectivity index (χ3n) is 7.89. The minimum Gasteiger partial charge on any atom is -0.480 e. The van der Waals surface area contributed by atoms with Crippen LogP contribution in [0.5, 0.6) is 5.75 Å². The lowest BCUT2D eigenvalue weighted by atomic mass is 9.84. The fourth-order valence-electron chi connectivity index (χ4n) is 6.12. The first-order chi connectivity index (χ1) is 18.4. The van der Waals surface area contributed by atoms with E-state index in [1.165, 1.54) is 5.56 Å². The van der Waals surface area contributed by atoms with Crippen molar-refractivity contribution in [3.05, 3.63) is 131 Å². The maximum absolute atomic E-state index is 14.1. The number of para-hydroxylation sites is 2. The lowest BCUT2D eigenvalue weighted by Gasteiger charge is -2.40. The number of aryl methyl sites for hydroxylation is 1. The van der Waals surface area contributed by atoms with Gasteiger partial charge in [0, 0.05) is 35.1 Å². The van der Waals surface area contributed by atoms with Crippen LogP contribution in [0.2, 0.25) is 0 Å². The van der Waals surface area contributed by atoms with Crippen LogP contribution in [0.4, 0.5) is 0 Å². The molecule has 38 heavy (non-hydrogen) atoms. The standard InChI is InChI=1S/C32H28N2O3S/c1-23-15-17-26(18-16-23)38(35,36)33-21-29-31(32(22-33)19-25-11-5-8-14-30(25)37-32)27-12-6-7-13-28(27)34(29)20-24-9-3-2-4-10-24/h2-18H,19-22H2,1H3/t32-/m0/s1. The minimum atomic E-state index is -3.76. The molecule has 0 saturated carbocycles. The van der Waals surface area contributed by atoms with Crippen LogP contribution >= 0.6 is 0 Å². The molecule has 7 rings (SSSR count). The Bertz CT molecular complexity index is 1750. The molecule has 2 aliphatic rings. The van der Waals surface area contributed by atoms with Gasteiger partial charge in [-0.3, -0.25) is 0 Å². The van der Waals surface area contributed by atoms with Gasteiger partial charge in [-0.25, -0.2) is 8.42 Å². The number of fused-ring (bicyclic) bond motifs is 5. The number of hydrogen-bond acceptors (Lipinski definition) is 3. The van der Waals surface area contributed by atoms with E-state index in [2.05, 4.69) is 41.0 Å². The molecule has 1 aromatic heterocycles. The molecular weight excluding hydrogens is 492 g/mol. The maximum atomic E-state index is 14.1. The summed E-state index contributed by atoms with van der Waals surface area (Å²) in [4.78, 5) is 0.308. The Morgan fingerprint density at radius 1 is 0.842 bits per heavy atom. The van der Waals surface area contributed by atoms with Crippen molar-refractivity contribution < 1.29 is 13.2 Å². The van der Waals surface area contributed by atoms with Crippen molar-refractivity contribution in [2.75, 3.05) is 6.54 Å². The normalized spacial score (nSPS) is 18.9. The zero-order valence-electron chi connectivity index (χ0n) is 21.2. The summed E-state index contributed by atoms with van der Waals surface area (Å²) in [6.07, 6.45) is 0.620. The second kappa shape index (κ2) is 8.58. The van der Waals surface area contributed by atoms with Crippen LogP contribution in [0.1, 0.15) is 27.9 Å². The number of aromatic nitrogens is 1. The molecule has 0 aliphatic carbocycles.